The van der Waals surface area contributed by atoms with Gasteiger partial charge in [0.1, 0.15) is 0 Å². The highest BCUT2D eigenvalue weighted by atomic mass is 16.3. The van der Waals surface area contributed by atoms with Gasteiger partial charge in [0.2, 0.25) is 0 Å². The zero-order valence-corrected chi connectivity index (χ0v) is 9.16. The van der Waals surface area contributed by atoms with E-state index in [0.717, 1.165) is 0 Å². The van der Waals surface area contributed by atoms with Crippen molar-refractivity contribution in [3.8, 4) is 0 Å². The molecule has 15 heavy (non-hydrogen) atoms. The van der Waals surface area contributed by atoms with E-state index in [1.54, 1.807) is 18.2 Å². The van der Waals surface area contributed by atoms with Gasteiger partial charge in [-0.1, -0.05) is 39.0 Å². The molecule has 0 aromatic heterocycles. The van der Waals surface area contributed by atoms with E-state index in [1.807, 2.05) is 26.8 Å². The fourth-order valence-electron chi connectivity index (χ4n) is 1.89. The topological polar surface area (TPSA) is 49.3 Å². The monoisotopic (exact) mass is 205 g/mol. The molecule has 1 aliphatic rings. The van der Waals surface area contributed by atoms with E-state index in [9.17, 15) is 9.90 Å². The molecule has 0 spiro atoms. The van der Waals surface area contributed by atoms with E-state index < -0.39 is 11.1 Å². The van der Waals surface area contributed by atoms with Crippen molar-refractivity contribution in [1.29, 1.82) is 0 Å². The Balaban J connectivity index is 2.63. The van der Waals surface area contributed by atoms with Crippen LogP contribution in [-0.2, 0) is 5.72 Å². The molecule has 0 saturated carbocycles. The Bertz CT molecular complexity index is 420. The van der Waals surface area contributed by atoms with Crippen LogP contribution in [0.3, 0.4) is 0 Å². The normalized spacial score (nSPS) is 24.9. The maximum atomic E-state index is 11.7. The summed E-state index contributed by atoms with van der Waals surface area (Å²) in [6.45, 7) is 5.69. The largest absolute Gasteiger partial charge is 0.366 e. The van der Waals surface area contributed by atoms with Crippen LogP contribution in [0.2, 0.25) is 0 Å². The van der Waals surface area contributed by atoms with Crippen molar-refractivity contribution >= 4 is 5.91 Å². The van der Waals surface area contributed by atoms with E-state index in [1.165, 1.54) is 0 Å². The van der Waals surface area contributed by atoms with Crippen molar-refractivity contribution < 1.29 is 9.90 Å². The summed E-state index contributed by atoms with van der Waals surface area (Å²) < 4.78 is 0. The average Bonchev–Trinajstić information content (AvgIpc) is 2.41. The maximum Gasteiger partial charge on any atom is 0.254 e. The minimum absolute atomic E-state index is 0.206. The molecular weight excluding hydrogens is 190 g/mol. The molecule has 1 aromatic carbocycles. The summed E-state index contributed by atoms with van der Waals surface area (Å²) >= 11 is 0. The van der Waals surface area contributed by atoms with Gasteiger partial charge in [-0.2, -0.15) is 0 Å². The fraction of sp³-hybridized carbons (Fsp3) is 0.417. The van der Waals surface area contributed by atoms with Crippen molar-refractivity contribution in [3.63, 3.8) is 0 Å². The summed E-state index contributed by atoms with van der Waals surface area (Å²) in [6, 6.07) is 7.15. The van der Waals surface area contributed by atoms with Crippen LogP contribution in [0.1, 0.15) is 36.7 Å². The van der Waals surface area contributed by atoms with E-state index in [4.69, 9.17) is 0 Å². The summed E-state index contributed by atoms with van der Waals surface area (Å²) in [4.78, 5) is 11.7. The van der Waals surface area contributed by atoms with Crippen molar-refractivity contribution in [3.05, 3.63) is 35.4 Å². The average molecular weight is 205 g/mol. The smallest absolute Gasteiger partial charge is 0.254 e. The standard InChI is InChI=1S/C12H15NO2/c1-11(2,3)12(15)9-7-5-4-6-8(9)10(14)13-12/h4-7,15H,1-3H3,(H,13,14). The molecule has 1 aromatic rings. The molecule has 1 unspecified atom stereocenters. The van der Waals surface area contributed by atoms with Crippen LogP contribution >= 0.6 is 0 Å². The summed E-state index contributed by atoms with van der Waals surface area (Å²) in [5.74, 6) is -0.206. The van der Waals surface area contributed by atoms with Crippen LogP contribution in [0.15, 0.2) is 24.3 Å². The van der Waals surface area contributed by atoms with E-state index in [0.29, 0.717) is 11.1 Å². The predicted octanol–water partition coefficient (Wildman–Crippen LogP) is 1.62. The molecule has 3 heteroatoms. The second-order valence-electron chi connectivity index (χ2n) is 4.96. The second kappa shape index (κ2) is 2.83. The number of fused-ring (bicyclic) bond motifs is 1. The molecule has 3 nitrogen and oxygen atoms in total. The Hall–Kier alpha value is -1.35. The predicted molar refractivity (Wildman–Crippen MR) is 57.3 cm³/mol. The van der Waals surface area contributed by atoms with Crippen LogP contribution in [0, 0.1) is 5.41 Å². The second-order valence-corrected chi connectivity index (χ2v) is 4.96. The van der Waals surface area contributed by atoms with Gasteiger partial charge in [-0.15, -0.1) is 0 Å². The first-order valence-corrected chi connectivity index (χ1v) is 5.01. The first kappa shape index (κ1) is 10.2. The Labute approximate surface area is 89.1 Å². The molecule has 80 valence electrons. The summed E-state index contributed by atoms with van der Waals surface area (Å²) in [6.07, 6.45) is 0. The van der Waals surface area contributed by atoms with Gasteiger partial charge in [0.15, 0.2) is 5.72 Å². The van der Waals surface area contributed by atoms with Gasteiger partial charge < -0.3 is 10.4 Å². The van der Waals surface area contributed by atoms with Crippen LogP contribution in [-0.4, -0.2) is 11.0 Å². The molecule has 2 N–H and O–H groups in total. The van der Waals surface area contributed by atoms with Crippen molar-refractivity contribution in [1.82, 2.24) is 5.32 Å². The van der Waals surface area contributed by atoms with E-state index >= 15 is 0 Å². The lowest BCUT2D eigenvalue weighted by Crippen LogP contribution is -2.49. The van der Waals surface area contributed by atoms with Crippen molar-refractivity contribution in [2.45, 2.75) is 26.5 Å². The molecule has 1 heterocycles. The number of hydrogen-bond acceptors (Lipinski definition) is 2. The molecular formula is C12H15NO2. The highest BCUT2D eigenvalue weighted by molar-refractivity contribution is 5.99. The minimum Gasteiger partial charge on any atom is -0.366 e. The molecule has 2 rings (SSSR count). The third-order valence-electron chi connectivity index (χ3n) is 2.94. The Morgan fingerprint density at radius 1 is 1.27 bits per heavy atom. The minimum atomic E-state index is -1.26. The molecule has 0 saturated heterocycles. The van der Waals surface area contributed by atoms with E-state index in [2.05, 4.69) is 5.32 Å². The van der Waals surface area contributed by atoms with Crippen molar-refractivity contribution in [2.75, 3.05) is 0 Å². The highest BCUT2D eigenvalue weighted by Crippen LogP contribution is 2.41. The highest BCUT2D eigenvalue weighted by Gasteiger charge is 2.49. The number of aliphatic hydroxyl groups is 1. The number of benzene rings is 1. The third kappa shape index (κ3) is 1.27. The van der Waals surface area contributed by atoms with Gasteiger partial charge in [0.25, 0.3) is 5.91 Å². The van der Waals surface area contributed by atoms with Gasteiger partial charge in [-0.25, -0.2) is 0 Å². The molecule has 0 aliphatic carbocycles. The van der Waals surface area contributed by atoms with Gasteiger partial charge in [-0.3, -0.25) is 4.79 Å². The van der Waals surface area contributed by atoms with Crippen LogP contribution in [0.5, 0.6) is 0 Å². The fourth-order valence-corrected chi connectivity index (χ4v) is 1.89. The Morgan fingerprint density at radius 3 is 2.47 bits per heavy atom. The number of carbonyl (C=O) groups excluding carboxylic acids is 1. The first-order chi connectivity index (χ1) is 6.86. The molecule has 0 fully saturated rings. The van der Waals surface area contributed by atoms with Crippen LogP contribution in [0.4, 0.5) is 0 Å². The molecule has 1 amide bonds. The summed E-state index contributed by atoms with van der Waals surface area (Å²) in [5.41, 5.74) is -0.465. The number of carbonyl (C=O) groups is 1. The van der Waals surface area contributed by atoms with Gasteiger partial charge in [0, 0.05) is 16.5 Å². The Morgan fingerprint density at radius 2 is 1.87 bits per heavy atom. The molecule has 1 aliphatic heterocycles. The van der Waals surface area contributed by atoms with E-state index in [-0.39, 0.29) is 5.91 Å². The lowest BCUT2D eigenvalue weighted by Gasteiger charge is -2.37. The SMILES string of the molecule is CC(C)(C)C1(O)NC(=O)c2ccccc21. The van der Waals surface area contributed by atoms with Crippen LogP contribution in [0.25, 0.3) is 0 Å². The molecule has 0 radical (unpaired) electrons. The lowest BCUT2D eigenvalue weighted by molar-refractivity contribution is -0.0785. The van der Waals surface area contributed by atoms with Crippen molar-refractivity contribution in [2.24, 2.45) is 5.41 Å². The quantitative estimate of drug-likeness (QED) is 0.676. The number of rotatable bonds is 0. The Kier molecular flexibility index (Phi) is 1.92. The first-order valence-electron chi connectivity index (χ1n) is 5.01. The summed E-state index contributed by atoms with van der Waals surface area (Å²) in [5, 5.41) is 13.2. The number of nitrogens with one attached hydrogen (secondary N) is 1. The third-order valence-corrected chi connectivity index (χ3v) is 2.94. The molecule has 0 bridgehead atoms. The maximum absolute atomic E-state index is 11.7. The lowest BCUT2D eigenvalue weighted by atomic mass is 9.79. The number of amides is 1. The van der Waals surface area contributed by atoms with Gasteiger partial charge in [0.05, 0.1) is 0 Å². The zero-order chi connectivity index (χ0) is 11.3. The van der Waals surface area contributed by atoms with Gasteiger partial charge in [-0.05, 0) is 6.07 Å². The van der Waals surface area contributed by atoms with Crippen LogP contribution < -0.4 is 5.32 Å². The number of hydrogen-bond donors (Lipinski definition) is 2. The van der Waals surface area contributed by atoms with Gasteiger partial charge >= 0.3 is 0 Å². The zero-order valence-electron chi connectivity index (χ0n) is 9.16. The molecule has 1 atom stereocenters. The summed E-state index contributed by atoms with van der Waals surface area (Å²) in [7, 11) is 0.